The highest BCUT2D eigenvalue weighted by atomic mass is 35.5. The van der Waals surface area contributed by atoms with Gasteiger partial charge in [0, 0.05) is 75.8 Å². The van der Waals surface area contributed by atoms with E-state index in [1.807, 2.05) is 32.0 Å². The first-order valence-electron chi connectivity index (χ1n) is 11.3. The molecular weight excluding hydrogens is 480 g/mol. The van der Waals surface area contributed by atoms with Crippen LogP contribution in [0.1, 0.15) is 22.8 Å². The van der Waals surface area contributed by atoms with Gasteiger partial charge in [-0.1, -0.05) is 17.7 Å². The number of piperazine rings is 2. The molecule has 2 aliphatic rings. The molecule has 34 heavy (non-hydrogen) atoms. The summed E-state index contributed by atoms with van der Waals surface area (Å²) in [6.07, 6.45) is 2.27. The topological polar surface area (TPSA) is 99.1 Å². The molecule has 0 spiro atoms. The standard InChI is InChI=1S/C22H29ClN6O4S/c1-3-28-15-19(22(31)27-8-6-25(16-30)7-9-27)21(24-28)34(32,33)29-12-10-26(11-13-29)20-14-18(23)5-4-17(20)2/h4-5,14-16H,3,6-13H2,1-2H3. The first-order valence-corrected chi connectivity index (χ1v) is 13.1. The van der Waals surface area contributed by atoms with E-state index in [1.54, 1.807) is 9.80 Å². The molecule has 0 aliphatic carbocycles. The molecule has 12 heteroatoms. The molecule has 184 valence electrons. The number of halogens is 1. The monoisotopic (exact) mass is 508 g/mol. The van der Waals surface area contributed by atoms with E-state index in [-0.39, 0.29) is 29.6 Å². The van der Waals surface area contributed by atoms with Crippen LogP contribution in [0.2, 0.25) is 5.02 Å². The maximum absolute atomic E-state index is 13.6. The van der Waals surface area contributed by atoms with Gasteiger partial charge in [0.05, 0.1) is 5.56 Å². The average Bonchev–Trinajstić information content (AvgIpc) is 3.31. The SMILES string of the molecule is CCn1cc(C(=O)N2CCN(C=O)CC2)c(S(=O)(=O)N2CCN(c3cc(Cl)ccc3C)CC2)n1. The zero-order chi connectivity index (χ0) is 24.5. The van der Waals surface area contributed by atoms with Gasteiger partial charge in [0.2, 0.25) is 11.4 Å². The maximum Gasteiger partial charge on any atom is 0.263 e. The third-order valence-corrected chi connectivity index (χ3v) is 8.44. The van der Waals surface area contributed by atoms with E-state index in [0.717, 1.165) is 17.7 Å². The van der Waals surface area contributed by atoms with Crippen molar-refractivity contribution in [2.24, 2.45) is 0 Å². The Labute approximate surface area is 204 Å². The second kappa shape index (κ2) is 9.93. The molecule has 2 aliphatic heterocycles. The van der Waals surface area contributed by atoms with Crippen molar-refractivity contribution in [2.45, 2.75) is 25.4 Å². The molecule has 0 bridgehead atoms. The number of carbonyl (C=O) groups is 2. The van der Waals surface area contributed by atoms with Gasteiger partial charge < -0.3 is 14.7 Å². The number of aromatic nitrogens is 2. The average molecular weight is 509 g/mol. The van der Waals surface area contributed by atoms with Gasteiger partial charge >= 0.3 is 0 Å². The van der Waals surface area contributed by atoms with Gasteiger partial charge in [-0.3, -0.25) is 14.3 Å². The van der Waals surface area contributed by atoms with Gasteiger partial charge in [-0.15, -0.1) is 0 Å². The number of hydrogen-bond acceptors (Lipinski definition) is 6. The zero-order valence-corrected chi connectivity index (χ0v) is 20.9. The van der Waals surface area contributed by atoms with Gasteiger partial charge in [0.25, 0.3) is 15.9 Å². The Morgan fingerprint density at radius 1 is 1.09 bits per heavy atom. The minimum Gasteiger partial charge on any atom is -0.369 e. The van der Waals surface area contributed by atoms with Crippen LogP contribution in [0.3, 0.4) is 0 Å². The predicted octanol–water partition coefficient (Wildman–Crippen LogP) is 1.29. The zero-order valence-electron chi connectivity index (χ0n) is 19.4. The lowest BCUT2D eigenvalue weighted by molar-refractivity contribution is -0.119. The van der Waals surface area contributed by atoms with Crippen molar-refractivity contribution in [3.05, 3.63) is 40.5 Å². The Bertz CT molecular complexity index is 1170. The molecule has 2 amide bonds. The van der Waals surface area contributed by atoms with Crippen molar-refractivity contribution in [3.8, 4) is 0 Å². The fourth-order valence-corrected chi connectivity index (χ4v) is 6.00. The lowest BCUT2D eigenvalue weighted by Gasteiger charge is -2.36. The molecule has 0 saturated carbocycles. The minimum atomic E-state index is -3.97. The molecule has 1 aromatic heterocycles. The molecule has 1 aromatic carbocycles. The van der Waals surface area contributed by atoms with Crippen molar-refractivity contribution >= 4 is 39.6 Å². The summed E-state index contributed by atoms with van der Waals surface area (Å²) in [7, 11) is -3.97. The number of rotatable bonds is 6. The Balaban J connectivity index is 1.53. The molecule has 2 fully saturated rings. The van der Waals surface area contributed by atoms with Gasteiger partial charge in [-0.25, -0.2) is 8.42 Å². The van der Waals surface area contributed by atoms with Crippen molar-refractivity contribution in [1.29, 1.82) is 0 Å². The van der Waals surface area contributed by atoms with Crippen LogP contribution >= 0.6 is 11.6 Å². The summed E-state index contributed by atoms with van der Waals surface area (Å²) >= 11 is 6.16. The fourth-order valence-electron chi connectivity index (χ4n) is 4.32. The molecule has 2 aromatic rings. The summed E-state index contributed by atoms with van der Waals surface area (Å²) in [5.41, 5.74) is 2.14. The first-order chi connectivity index (χ1) is 16.2. The number of benzene rings is 1. The number of amides is 2. The summed E-state index contributed by atoms with van der Waals surface area (Å²) in [6, 6.07) is 5.68. The van der Waals surface area contributed by atoms with E-state index in [2.05, 4.69) is 10.00 Å². The van der Waals surface area contributed by atoms with Crippen LogP contribution < -0.4 is 4.90 Å². The number of nitrogens with zero attached hydrogens (tertiary/aromatic N) is 6. The number of anilines is 1. The maximum atomic E-state index is 13.6. The van der Waals surface area contributed by atoms with Crippen molar-refractivity contribution in [2.75, 3.05) is 57.3 Å². The van der Waals surface area contributed by atoms with E-state index in [4.69, 9.17) is 11.6 Å². The lowest BCUT2D eigenvalue weighted by Crippen LogP contribution is -2.50. The molecule has 10 nitrogen and oxygen atoms in total. The number of aryl methyl sites for hydroxylation is 2. The fraction of sp³-hybridized carbons (Fsp3) is 0.500. The summed E-state index contributed by atoms with van der Waals surface area (Å²) in [5.74, 6) is -0.378. The summed E-state index contributed by atoms with van der Waals surface area (Å²) in [6.45, 7) is 7.39. The second-order valence-corrected chi connectivity index (χ2v) is 10.7. The quantitative estimate of drug-likeness (QED) is 0.545. The van der Waals surface area contributed by atoms with Crippen LogP contribution in [0.4, 0.5) is 5.69 Å². The van der Waals surface area contributed by atoms with Crippen LogP contribution in [0.15, 0.2) is 29.4 Å². The number of carbonyl (C=O) groups excluding carboxylic acids is 2. The summed E-state index contributed by atoms with van der Waals surface area (Å²) in [4.78, 5) is 29.5. The van der Waals surface area contributed by atoms with E-state index >= 15 is 0 Å². The molecular formula is C22H29ClN6O4S. The highest BCUT2D eigenvalue weighted by Gasteiger charge is 2.36. The normalized spacial score (nSPS) is 17.8. The Hall–Kier alpha value is -2.63. The predicted molar refractivity (Wildman–Crippen MR) is 129 cm³/mol. The summed E-state index contributed by atoms with van der Waals surface area (Å²) in [5, 5.41) is 4.70. The van der Waals surface area contributed by atoms with Crippen LogP contribution in [0.25, 0.3) is 0 Å². The Morgan fingerprint density at radius 2 is 1.76 bits per heavy atom. The van der Waals surface area contributed by atoms with Crippen LogP contribution in [0, 0.1) is 6.92 Å². The second-order valence-electron chi connectivity index (χ2n) is 8.46. The third-order valence-electron chi connectivity index (χ3n) is 6.37. The van der Waals surface area contributed by atoms with Crippen molar-refractivity contribution < 1.29 is 18.0 Å². The molecule has 4 rings (SSSR count). The highest BCUT2D eigenvalue weighted by molar-refractivity contribution is 7.89. The van der Waals surface area contributed by atoms with Crippen LogP contribution in [-0.4, -0.2) is 97.0 Å². The van der Waals surface area contributed by atoms with Gasteiger partial charge in [0.15, 0.2) is 0 Å². The van der Waals surface area contributed by atoms with Gasteiger partial charge in [0.1, 0.15) is 0 Å². The van der Waals surface area contributed by atoms with Gasteiger partial charge in [-0.05, 0) is 31.5 Å². The largest absolute Gasteiger partial charge is 0.369 e. The summed E-state index contributed by atoms with van der Waals surface area (Å²) < 4.78 is 30.0. The van der Waals surface area contributed by atoms with Crippen molar-refractivity contribution in [3.63, 3.8) is 0 Å². The van der Waals surface area contributed by atoms with E-state index < -0.39 is 10.0 Å². The third kappa shape index (κ3) is 4.77. The molecule has 0 N–H and O–H groups in total. The van der Waals surface area contributed by atoms with E-state index in [0.29, 0.717) is 50.8 Å². The molecule has 0 unspecified atom stereocenters. The van der Waals surface area contributed by atoms with Crippen LogP contribution in [0.5, 0.6) is 0 Å². The molecule has 3 heterocycles. The van der Waals surface area contributed by atoms with E-state index in [1.165, 1.54) is 15.2 Å². The van der Waals surface area contributed by atoms with Gasteiger partial charge in [-0.2, -0.15) is 9.40 Å². The highest BCUT2D eigenvalue weighted by Crippen LogP contribution is 2.27. The smallest absolute Gasteiger partial charge is 0.263 e. The number of sulfonamides is 1. The lowest BCUT2D eigenvalue weighted by atomic mass is 10.1. The van der Waals surface area contributed by atoms with Crippen molar-refractivity contribution in [1.82, 2.24) is 23.9 Å². The number of hydrogen-bond donors (Lipinski definition) is 0. The molecule has 2 saturated heterocycles. The van der Waals surface area contributed by atoms with E-state index in [9.17, 15) is 18.0 Å². The van der Waals surface area contributed by atoms with Crippen LogP contribution in [-0.2, 0) is 21.4 Å². The Kier molecular flexibility index (Phi) is 7.15. The minimum absolute atomic E-state index is 0.0783. The first kappa shape index (κ1) is 24.5. The molecule has 0 atom stereocenters. The molecule has 0 radical (unpaired) electrons. The Morgan fingerprint density at radius 3 is 2.38 bits per heavy atom.